The maximum atomic E-state index is 12.9. The van der Waals surface area contributed by atoms with Gasteiger partial charge in [-0.05, 0) is 116 Å². The van der Waals surface area contributed by atoms with Gasteiger partial charge in [-0.3, -0.25) is 14.4 Å². The average molecular weight is 1120 g/mol. The predicted octanol–water partition coefficient (Wildman–Crippen LogP) is 23.3. The Labute approximate surface area is 500 Å². The van der Waals surface area contributed by atoms with Crippen molar-refractivity contribution in [2.45, 2.75) is 309 Å². The summed E-state index contributed by atoms with van der Waals surface area (Å²) in [6, 6.07) is 0. The Balaban J connectivity index is 4.28. The third-order valence-electron chi connectivity index (χ3n) is 14.2. The lowest BCUT2D eigenvalue weighted by atomic mass is 10.0. The smallest absolute Gasteiger partial charge is 0.306 e. The molecule has 0 fully saturated rings. The lowest BCUT2D eigenvalue weighted by Crippen LogP contribution is -2.30. The first-order chi connectivity index (χ1) is 40.0. The minimum atomic E-state index is -0.803. The van der Waals surface area contributed by atoms with Crippen molar-refractivity contribution in [3.8, 4) is 0 Å². The van der Waals surface area contributed by atoms with Gasteiger partial charge in [0.05, 0.1) is 0 Å². The van der Waals surface area contributed by atoms with Gasteiger partial charge in [-0.25, -0.2) is 0 Å². The van der Waals surface area contributed by atoms with Gasteiger partial charge in [-0.2, -0.15) is 0 Å². The molecule has 6 heteroatoms. The molecule has 81 heavy (non-hydrogen) atoms. The second-order valence-corrected chi connectivity index (χ2v) is 22.0. The topological polar surface area (TPSA) is 78.9 Å². The molecular weight excluding hydrogens is 997 g/mol. The van der Waals surface area contributed by atoms with Crippen LogP contribution in [0, 0.1) is 0 Å². The number of ether oxygens (including phenoxy) is 3. The molecule has 0 N–H and O–H groups in total. The second-order valence-electron chi connectivity index (χ2n) is 22.0. The Morgan fingerprint density at radius 1 is 0.259 bits per heavy atom. The molecule has 1 atom stereocenters. The fraction of sp³-hybridized carbons (Fsp3) is 0.667. The number of carbonyl (C=O) groups is 3. The lowest BCUT2D eigenvalue weighted by Gasteiger charge is -2.18. The third kappa shape index (κ3) is 66.2. The van der Waals surface area contributed by atoms with Crippen LogP contribution in [-0.4, -0.2) is 37.2 Å². The minimum absolute atomic E-state index is 0.0950. The Morgan fingerprint density at radius 3 is 0.778 bits per heavy atom. The zero-order valence-corrected chi connectivity index (χ0v) is 52.8. The molecule has 6 nitrogen and oxygen atoms in total. The SMILES string of the molecule is CC/C=C\C/C=C\C/C=C\C/C=C\C/C=C\C/C=C\C/C=C\CCCCCCCCCCCCCC(=O)OCC(COC(=O)CCCCCCCCCCCCCCCCC)OC(=O)CCCC/C=C\C/C=C\C/C=C\C/C=C\CC. The monoisotopic (exact) mass is 1120 g/mol. The molecule has 0 spiro atoms. The van der Waals surface area contributed by atoms with Crippen LogP contribution in [0.5, 0.6) is 0 Å². The molecule has 0 bridgehead atoms. The first kappa shape index (κ1) is 76.5. The van der Waals surface area contributed by atoms with Gasteiger partial charge < -0.3 is 14.2 Å². The van der Waals surface area contributed by atoms with Gasteiger partial charge in [-0.15, -0.1) is 0 Å². The van der Waals surface area contributed by atoms with Gasteiger partial charge >= 0.3 is 17.9 Å². The highest BCUT2D eigenvalue weighted by Gasteiger charge is 2.19. The van der Waals surface area contributed by atoms with Crippen LogP contribution in [0.4, 0.5) is 0 Å². The molecule has 0 aliphatic rings. The van der Waals surface area contributed by atoms with E-state index in [1.54, 1.807) is 0 Å². The van der Waals surface area contributed by atoms with Gasteiger partial charge in [-0.1, -0.05) is 302 Å². The Bertz CT molecular complexity index is 1720. The normalized spacial score (nSPS) is 13.0. The molecule has 0 radical (unpaired) electrons. The molecule has 0 aromatic carbocycles. The number of hydrogen-bond acceptors (Lipinski definition) is 6. The molecule has 0 aromatic rings. The molecule has 0 aliphatic carbocycles. The largest absolute Gasteiger partial charge is 0.462 e. The number of rotatable bonds is 60. The molecule has 460 valence electrons. The Hall–Kier alpha value is -4.45. The summed E-state index contributed by atoms with van der Waals surface area (Å²) in [6.45, 7) is 6.39. The van der Waals surface area contributed by atoms with Crippen LogP contribution in [0.2, 0.25) is 0 Å². The van der Waals surface area contributed by atoms with Gasteiger partial charge in [0.1, 0.15) is 13.2 Å². The van der Waals surface area contributed by atoms with Crippen molar-refractivity contribution in [2.75, 3.05) is 13.2 Å². The average Bonchev–Trinajstić information content (AvgIpc) is 3.47. The first-order valence-electron chi connectivity index (χ1n) is 33.7. The standard InChI is InChI=1S/C75H124O6/c1-4-7-10-13-16-19-22-25-28-29-30-31-32-33-34-35-36-37-38-39-40-41-42-43-44-45-48-50-53-56-59-62-65-68-74(77)80-71-72(81-75(78)69-66-63-60-57-54-51-47-27-24-21-18-15-12-9-6-3)70-79-73(76)67-64-61-58-55-52-49-46-26-23-20-17-14-11-8-5-2/h7,9-10,12,16,18-19,21,25,27-28,30-31,33-34,36-37,39-40,47,54,57,72H,4-6,8,11,13-15,17,20,22-24,26,29,32,35,38,41-46,48-53,55-56,58-71H2,1-3H3/b10-7-,12-9-,19-16-,21-18-,28-25-,31-30-,34-33-,37-36-,40-39-,47-27-,57-54-. The van der Waals surface area contributed by atoms with Crippen LogP contribution >= 0.6 is 0 Å². The van der Waals surface area contributed by atoms with E-state index in [1.807, 2.05) is 0 Å². The van der Waals surface area contributed by atoms with E-state index >= 15 is 0 Å². The summed E-state index contributed by atoms with van der Waals surface area (Å²) in [6.07, 6.45) is 96.2. The summed E-state index contributed by atoms with van der Waals surface area (Å²) < 4.78 is 16.9. The highest BCUT2D eigenvalue weighted by molar-refractivity contribution is 5.71. The van der Waals surface area contributed by atoms with Crippen molar-refractivity contribution < 1.29 is 28.6 Å². The summed E-state index contributed by atoms with van der Waals surface area (Å²) >= 11 is 0. The third-order valence-corrected chi connectivity index (χ3v) is 14.2. The number of hydrogen-bond donors (Lipinski definition) is 0. The van der Waals surface area contributed by atoms with E-state index in [2.05, 4.69) is 154 Å². The Kier molecular flexibility index (Phi) is 64.3. The number of unbranched alkanes of at least 4 members (excludes halogenated alkanes) is 27. The Morgan fingerprint density at radius 2 is 0.481 bits per heavy atom. The van der Waals surface area contributed by atoms with Gasteiger partial charge in [0, 0.05) is 19.3 Å². The van der Waals surface area contributed by atoms with E-state index in [4.69, 9.17) is 14.2 Å². The van der Waals surface area contributed by atoms with Crippen molar-refractivity contribution >= 4 is 17.9 Å². The van der Waals surface area contributed by atoms with Crippen molar-refractivity contribution in [3.05, 3.63) is 134 Å². The molecular formula is C75H124O6. The zero-order chi connectivity index (χ0) is 58.5. The molecule has 0 saturated heterocycles. The molecule has 0 saturated carbocycles. The molecule has 0 rings (SSSR count). The van der Waals surface area contributed by atoms with E-state index in [1.165, 1.54) is 135 Å². The number of allylic oxidation sites excluding steroid dienone is 22. The molecule has 0 heterocycles. The lowest BCUT2D eigenvalue weighted by molar-refractivity contribution is -0.167. The summed E-state index contributed by atoms with van der Waals surface area (Å²) in [4.78, 5) is 38.3. The van der Waals surface area contributed by atoms with E-state index in [-0.39, 0.29) is 37.5 Å². The van der Waals surface area contributed by atoms with Gasteiger partial charge in [0.25, 0.3) is 0 Å². The van der Waals surface area contributed by atoms with Crippen molar-refractivity contribution in [2.24, 2.45) is 0 Å². The van der Waals surface area contributed by atoms with E-state index in [0.29, 0.717) is 19.3 Å². The van der Waals surface area contributed by atoms with Crippen LogP contribution in [0.3, 0.4) is 0 Å². The summed E-state index contributed by atoms with van der Waals surface area (Å²) in [5.41, 5.74) is 0. The predicted molar refractivity (Wildman–Crippen MR) is 353 cm³/mol. The highest BCUT2D eigenvalue weighted by Crippen LogP contribution is 2.16. The van der Waals surface area contributed by atoms with E-state index in [9.17, 15) is 14.4 Å². The van der Waals surface area contributed by atoms with Crippen LogP contribution in [0.25, 0.3) is 0 Å². The first-order valence-corrected chi connectivity index (χ1v) is 33.7. The number of esters is 3. The van der Waals surface area contributed by atoms with Gasteiger partial charge in [0.2, 0.25) is 0 Å². The van der Waals surface area contributed by atoms with Crippen molar-refractivity contribution in [1.29, 1.82) is 0 Å². The van der Waals surface area contributed by atoms with Crippen LogP contribution in [0.15, 0.2) is 134 Å². The van der Waals surface area contributed by atoms with E-state index in [0.717, 1.165) is 122 Å². The van der Waals surface area contributed by atoms with E-state index < -0.39 is 6.10 Å². The van der Waals surface area contributed by atoms with Crippen LogP contribution in [0.1, 0.15) is 303 Å². The molecule has 0 aromatic heterocycles. The van der Waals surface area contributed by atoms with Crippen LogP contribution in [-0.2, 0) is 28.6 Å². The maximum Gasteiger partial charge on any atom is 0.306 e. The zero-order valence-electron chi connectivity index (χ0n) is 52.8. The summed E-state index contributed by atoms with van der Waals surface area (Å²) in [5.74, 6) is -0.933. The summed E-state index contributed by atoms with van der Waals surface area (Å²) in [7, 11) is 0. The minimum Gasteiger partial charge on any atom is -0.462 e. The van der Waals surface area contributed by atoms with Crippen LogP contribution < -0.4 is 0 Å². The fourth-order valence-corrected chi connectivity index (χ4v) is 9.18. The molecule has 0 aliphatic heterocycles. The fourth-order valence-electron chi connectivity index (χ4n) is 9.18. The van der Waals surface area contributed by atoms with Crippen molar-refractivity contribution in [3.63, 3.8) is 0 Å². The summed E-state index contributed by atoms with van der Waals surface area (Å²) in [5, 5.41) is 0. The number of carbonyl (C=O) groups excluding carboxylic acids is 3. The molecule has 1 unspecified atom stereocenters. The van der Waals surface area contributed by atoms with Crippen molar-refractivity contribution in [1.82, 2.24) is 0 Å². The highest BCUT2D eigenvalue weighted by atomic mass is 16.6. The van der Waals surface area contributed by atoms with Gasteiger partial charge in [0.15, 0.2) is 6.10 Å². The maximum absolute atomic E-state index is 12.9. The second kappa shape index (κ2) is 68.1. The quantitative estimate of drug-likeness (QED) is 0.0261. The molecule has 0 amide bonds.